The van der Waals surface area contributed by atoms with E-state index in [4.69, 9.17) is 13.6 Å². The van der Waals surface area contributed by atoms with Crippen LogP contribution in [0.25, 0.3) is 0 Å². The topological polar surface area (TPSA) is 44.8 Å². The van der Waals surface area contributed by atoms with Crippen molar-refractivity contribution in [1.29, 1.82) is 0 Å². The van der Waals surface area contributed by atoms with Crippen molar-refractivity contribution in [3.05, 3.63) is 36.5 Å². The molecule has 0 unspecified atom stereocenters. The first-order valence-corrected chi connectivity index (χ1v) is 20.7. The summed E-state index contributed by atoms with van der Waals surface area (Å²) >= 11 is 0. The third-order valence-corrected chi connectivity index (χ3v) is 16.9. The molecular formula is C33H60O4Si2. The Morgan fingerprint density at radius 1 is 0.872 bits per heavy atom. The van der Waals surface area contributed by atoms with Crippen molar-refractivity contribution in [2.24, 2.45) is 0 Å². The zero-order valence-electron chi connectivity index (χ0n) is 27.4. The fourth-order valence-corrected chi connectivity index (χ4v) is 5.77. The molecular weight excluding hydrogens is 517 g/mol. The van der Waals surface area contributed by atoms with Crippen LogP contribution in [0.15, 0.2) is 36.5 Å². The van der Waals surface area contributed by atoms with Gasteiger partial charge in [0.15, 0.2) is 16.6 Å². The summed E-state index contributed by atoms with van der Waals surface area (Å²) in [4.78, 5) is 11.6. The second-order valence-corrected chi connectivity index (χ2v) is 23.0. The summed E-state index contributed by atoms with van der Waals surface area (Å²) in [6.07, 6.45) is 20.1. The van der Waals surface area contributed by atoms with Gasteiger partial charge in [-0.1, -0.05) is 104 Å². The molecule has 0 aromatic carbocycles. The second kappa shape index (κ2) is 18.1. The van der Waals surface area contributed by atoms with Crippen LogP contribution in [0.3, 0.4) is 0 Å². The maximum atomic E-state index is 11.6. The van der Waals surface area contributed by atoms with Crippen molar-refractivity contribution in [3.8, 4) is 11.8 Å². The molecule has 6 heteroatoms. The lowest BCUT2D eigenvalue weighted by Gasteiger charge is -2.38. The highest BCUT2D eigenvalue weighted by Gasteiger charge is 2.39. The quantitative estimate of drug-likeness (QED) is 0.0458. The number of rotatable bonds is 16. The van der Waals surface area contributed by atoms with Crippen LogP contribution < -0.4 is 0 Å². The normalized spacial score (nSPS) is 15.1. The molecule has 0 aliphatic heterocycles. The average molecular weight is 577 g/mol. The Hall–Kier alpha value is -1.40. The molecule has 0 aromatic heterocycles. The summed E-state index contributed by atoms with van der Waals surface area (Å²) in [7, 11) is -2.44. The van der Waals surface area contributed by atoms with Crippen LogP contribution in [0.4, 0.5) is 0 Å². The Labute approximate surface area is 244 Å². The fraction of sp³-hybridized carbons (Fsp3) is 0.727. The van der Waals surface area contributed by atoms with E-state index >= 15 is 0 Å². The van der Waals surface area contributed by atoms with Crippen molar-refractivity contribution in [2.75, 3.05) is 7.11 Å². The van der Waals surface area contributed by atoms with Crippen molar-refractivity contribution >= 4 is 22.6 Å². The van der Waals surface area contributed by atoms with Gasteiger partial charge >= 0.3 is 5.97 Å². The van der Waals surface area contributed by atoms with E-state index < -0.39 is 16.6 Å². The van der Waals surface area contributed by atoms with Crippen LogP contribution in [-0.4, -0.2) is 41.9 Å². The molecule has 0 bridgehead atoms. The Bertz CT molecular complexity index is 846. The molecule has 0 spiro atoms. The van der Waals surface area contributed by atoms with Gasteiger partial charge in [-0.25, -0.2) is 0 Å². The van der Waals surface area contributed by atoms with Crippen molar-refractivity contribution in [2.45, 2.75) is 148 Å². The molecule has 0 aliphatic rings. The minimum atomic E-state index is -1.98. The molecule has 4 nitrogen and oxygen atoms in total. The SMILES string of the molecule is CCCCC/C=C\C[C@H](/C=C/C=C/C#C[C@H](CCCC(=O)OC)O[Si](C)(C)C(C)(C)C)O[Si](C)(C)C(C)(C)C. The molecule has 0 aliphatic carbocycles. The van der Waals surface area contributed by atoms with Gasteiger partial charge in [-0.15, -0.1) is 0 Å². The van der Waals surface area contributed by atoms with Crippen LogP contribution in [0, 0.1) is 11.8 Å². The Balaban J connectivity index is 5.46. The summed E-state index contributed by atoms with van der Waals surface area (Å²) < 4.78 is 18.1. The maximum absolute atomic E-state index is 11.6. The minimum absolute atomic E-state index is 0.0546. The monoisotopic (exact) mass is 576 g/mol. The van der Waals surface area contributed by atoms with Gasteiger partial charge in [0.1, 0.15) is 6.10 Å². The minimum Gasteiger partial charge on any atom is -0.469 e. The van der Waals surface area contributed by atoms with E-state index in [1.807, 2.05) is 12.2 Å². The van der Waals surface area contributed by atoms with Gasteiger partial charge in [0, 0.05) is 6.42 Å². The number of ether oxygens (including phenoxy) is 1. The lowest BCUT2D eigenvalue weighted by molar-refractivity contribution is -0.140. The molecule has 224 valence electrons. The van der Waals surface area contributed by atoms with E-state index in [1.54, 1.807) is 0 Å². The number of esters is 1. The predicted molar refractivity (Wildman–Crippen MR) is 174 cm³/mol. The number of hydrogen-bond donors (Lipinski definition) is 0. The molecule has 0 fully saturated rings. The van der Waals surface area contributed by atoms with Crippen LogP contribution >= 0.6 is 0 Å². The highest BCUT2D eigenvalue weighted by atomic mass is 28.4. The Morgan fingerprint density at radius 2 is 1.49 bits per heavy atom. The average Bonchev–Trinajstić information content (AvgIpc) is 2.80. The number of hydrogen-bond acceptors (Lipinski definition) is 4. The summed E-state index contributed by atoms with van der Waals surface area (Å²) in [6, 6.07) is 0. The lowest BCUT2D eigenvalue weighted by atomic mass is 10.1. The number of allylic oxidation sites excluding steroid dienone is 4. The highest BCUT2D eigenvalue weighted by Crippen LogP contribution is 2.38. The lowest BCUT2D eigenvalue weighted by Crippen LogP contribution is -2.43. The van der Waals surface area contributed by atoms with Crippen LogP contribution in [-0.2, 0) is 18.4 Å². The smallest absolute Gasteiger partial charge is 0.305 e. The third kappa shape index (κ3) is 16.5. The van der Waals surface area contributed by atoms with Gasteiger partial charge in [-0.2, -0.15) is 0 Å². The van der Waals surface area contributed by atoms with Gasteiger partial charge in [0.25, 0.3) is 0 Å². The van der Waals surface area contributed by atoms with Gasteiger partial charge < -0.3 is 13.6 Å². The van der Waals surface area contributed by atoms with Crippen molar-refractivity contribution in [1.82, 2.24) is 0 Å². The maximum Gasteiger partial charge on any atom is 0.305 e. The first-order valence-electron chi connectivity index (χ1n) is 14.9. The summed E-state index contributed by atoms with van der Waals surface area (Å²) in [5.74, 6) is 6.29. The Morgan fingerprint density at radius 3 is 2.05 bits per heavy atom. The van der Waals surface area contributed by atoms with Crippen LogP contribution in [0.2, 0.25) is 36.3 Å². The van der Waals surface area contributed by atoms with E-state index in [9.17, 15) is 4.79 Å². The van der Waals surface area contributed by atoms with E-state index in [0.717, 1.165) is 12.8 Å². The van der Waals surface area contributed by atoms with Gasteiger partial charge in [-0.3, -0.25) is 4.79 Å². The van der Waals surface area contributed by atoms with E-state index in [0.29, 0.717) is 19.3 Å². The number of carbonyl (C=O) groups is 1. The molecule has 0 N–H and O–H groups in total. The molecule has 0 saturated heterocycles. The predicted octanol–water partition coefficient (Wildman–Crippen LogP) is 9.75. The molecule has 0 aromatic rings. The first-order chi connectivity index (χ1) is 18.0. The second-order valence-electron chi connectivity index (χ2n) is 13.5. The van der Waals surface area contributed by atoms with Crippen LogP contribution in [0.5, 0.6) is 0 Å². The summed E-state index contributed by atoms with van der Waals surface area (Å²) in [5, 5.41) is 0.260. The summed E-state index contributed by atoms with van der Waals surface area (Å²) in [6.45, 7) is 24.9. The van der Waals surface area contributed by atoms with Gasteiger partial charge in [0.05, 0.1) is 13.2 Å². The number of methoxy groups -OCH3 is 1. The summed E-state index contributed by atoms with van der Waals surface area (Å²) in [5.41, 5.74) is 0. The molecule has 39 heavy (non-hydrogen) atoms. The van der Waals surface area contributed by atoms with Crippen LogP contribution in [0.1, 0.15) is 99.8 Å². The highest BCUT2D eigenvalue weighted by molar-refractivity contribution is 6.74. The fourth-order valence-electron chi connectivity index (χ4n) is 3.24. The molecule has 0 radical (unpaired) electrons. The molecule has 0 saturated carbocycles. The van der Waals surface area contributed by atoms with E-state index in [-0.39, 0.29) is 28.3 Å². The molecule has 0 heterocycles. The number of carbonyl (C=O) groups excluding carboxylic acids is 1. The van der Waals surface area contributed by atoms with Gasteiger partial charge in [0.2, 0.25) is 0 Å². The Kier molecular flexibility index (Phi) is 17.5. The van der Waals surface area contributed by atoms with E-state index in [2.05, 4.69) is 111 Å². The third-order valence-electron chi connectivity index (χ3n) is 7.94. The largest absolute Gasteiger partial charge is 0.469 e. The molecule has 0 rings (SSSR count). The standard InChI is InChI=1S/C33H60O4Si2/c1-13-14-15-16-17-20-24-29(36-38(9,10)32(2,3)4)25-21-18-19-22-26-30(27-23-28-31(34)35-8)37-39(11,12)33(5,6)7/h17-21,25,29-30H,13-16,23-24,27-28H2,1-12H3/b19-18+,20-17-,25-21+/t29-,30-/m1/s1. The van der Waals surface area contributed by atoms with Crippen molar-refractivity contribution in [3.63, 3.8) is 0 Å². The number of unbranched alkanes of at least 4 members (excludes halogenated alkanes) is 3. The molecule has 2 atom stereocenters. The zero-order chi connectivity index (χ0) is 30.2. The zero-order valence-corrected chi connectivity index (χ0v) is 29.4. The first kappa shape index (κ1) is 37.6. The van der Waals surface area contributed by atoms with E-state index in [1.165, 1.54) is 26.4 Å². The molecule has 0 amide bonds. The van der Waals surface area contributed by atoms with Crippen molar-refractivity contribution < 1.29 is 18.4 Å². The van der Waals surface area contributed by atoms with Gasteiger partial charge in [-0.05, 0) is 74.4 Å².